The molecule has 6 heteroatoms. The lowest BCUT2D eigenvalue weighted by molar-refractivity contribution is -0.568. The summed E-state index contributed by atoms with van der Waals surface area (Å²) in [5.74, 6) is 4.00. The SMILES string of the molecule is C#CCOCS[C@@H]1O[C@@H]2O[C@]3(C)CC[C@H]4[C@H](C)CC[C@@H]([C@H]1C)[C@@]24OO3. The molecule has 25 heavy (non-hydrogen) atoms. The zero-order valence-corrected chi connectivity index (χ0v) is 16.1. The molecule has 0 radical (unpaired) electrons. The zero-order chi connectivity index (χ0) is 17.7. The molecule has 4 heterocycles. The molecule has 0 N–H and O–H groups in total. The summed E-state index contributed by atoms with van der Waals surface area (Å²) < 4.78 is 18.2. The third-order valence-electron chi connectivity index (χ3n) is 6.60. The molecular weight excluding hydrogens is 340 g/mol. The Balaban J connectivity index is 1.60. The van der Waals surface area contributed by atoms with Crippen LogP contribution in [0.2, 0.25) is 0 Å². The number of ether oxygens (including phenoxy) is 3. The molecule has 4 aliphatic heterocycles. The van der Waals surface area contributed by atoms with Gasteiger partial charge in [0.05, 0.1) is 5.94 Å². The number of hydrogen-bond donors (Lipinski definition) is 0. The Kier molecular flexibility index (Phi) is 4.85. The van der Waals surface area contributed by atoms with Crippen LogP contribution in [0.25, 0.3) is 0 Å². The van der Waals surface area contributed by atoms with Crippen molar-refractivity contribution in [2.24, 2.45) is 23.7 Å². The Labute approximate surface area is 154 Å². The van der Waals surface area contributed by atoms with Gasteiger partial charge in [0.25, 0.3) is 0 Å². The first-order chi connectivity index (χ1) is 12.0. The van der Waals surface area contributed by atoms with Gasteiger partial charge in [-0.25, -0.2) is 9.78 Å². The molecule has 4 saturated heterocycles. The van der Waals surface area contributed by atoms with Gasteiger partial charge >= 0.3 is 0 Å². The van der Waals surface area contributed by atoms with E-state index in [1.165, 1.54) is 6.42 Å². The summed E-state index contributed by atoms with van der Waals surface area (Å²) in [7, 11) is 0. The standard InChI is InChI=1S/C19H28O5S/c1-5-10-20-11-25-16-13(3)15-7-6-12(2)14-8-9-18(4)22-17(21-16)19(14,15)24-23-18/h1,12-17H,6-11H2,2-4H3/t12-,13-,14+,15+,16+,17-,18+,19-/m1/s1. The first kappa shape index (κ1) is 18.1. The van der Waals surface area contributed by atoms with Crippen LogP contribution in [0.4, 0.5) is 0 Å². The van der Waals surface area contributed by atoms with E-state index in [0.717, 1.165) is 19.3 Å². The van der Waals surface area contributed by atoms with Crippen LogP contribution in [0.1, 0.15) is 46.5 Å². The predicted molar refractivity (Wildman–Crippen MR) is 94.1 cm³/mol. The number of hydrogen-bond acceptors (Lipinski definition) is 6. The molecule has 1 saturated carbocycles. The van der Waals surface area contributed by atoms with Crippen LogP contribution in [0.5, 0.6) is 0 Å². The van der Waals surface area contributed by atoms with E-state index < -0.39 is 11.4 Å². The van der Waals surface area contributed by atoms with Crippen molar-refractivity contribution in [1.82, 2.24) is 0 Å². The molecule has 2 bridgehead atoms. The van der Waals surface area contributed by atoms with Crippen molar-refractivity contribution in [2.75, 3.05) is 12.5 Å². The summed E-state index contributed by atoms with van der Waals surface area (Å²) in [6, 6.07) is 0. The monoisotopic (exact) mass is 368 g/mol. The highest BCUT2D eigenvalue weighted by molar-refractivity contribution is 7.99. The highest BCUT2D eigenvalue weighted by Gasteiger charge is 2.69. The largest absolute Gasteiger partial charge is 0.358 e. The smallest absolute Gasteiger partial charge is 0.201 e. The van der Waals surface area contributed by atoms with E-state index in [-0.39, 0.29) is 11.7 Å². The van der Waals surface area contributed by atoms with Gasteiger partial charge in [0, 0.05) is 12.3 Å². The van der Waals surface area contributed by atoms with Gasteiger partial charge < -0.3 is 14.2 Å². The van der Waals surface area contributed by atoms with Crippen molar-refractivity contribution >= 4 is 11.8 Å². The van der Waals surface area contributed by atoms with Crippen LogP contribution in [0.3, 0.4) is 0 Å². The van der Waals surface area contributed by atoms with Crippen molar-refractivity contribution in [1.29, 1.82) is 0 Å². The predicted octanol–water partition coefficient (Wildman–Crippen LogP) is 3.53. The van der Waals surface area contributed by atoms with Gasteiger partial charge in [-0.2, -0.15) is 0 Å². The van der Waals surface area contributed by atoms with Gasteiger partial charge in [0.1, 0.15) is 12.0 Å². The molecule has 5 fully saturated rings. The Hall–Kier alpha value is -0.290. The average molecular weight is 368 g/mol. The number of thioether (sulfide) groups is 1. The fraction of sp³-hybridized carbons (Fsp3) is 0.895. The molecule has 5 rings (SSSR count). The molecule has 0 aromatic heterocycles. The third kappa shape index (κ3) is 2.84. The lowest BCUT2D eigenvalue weighted by atomic mass is 9.58. The normalized spacial score (nSPS) is 51.4. The Morgan fingerprint density at radius 2 is 2.04 bits per heavy atom. The maximum absolute atomic E-state index is 6.44. The van der Waals surface area contributed by atoms with E-state index in [4.69, 9.17) is 30.4 Å². The number of terminal acetylenes is 1. The summed E-state index contributed by atoms with van der Waals surface area (Å²) in [4.78, 5) is 12.0. The molecule has 1 aliphatic carbocycles. The van der Waals surface area contributed by atoms with Gasteiger partial charge in [-0.05, 0) is 43.9 Å². The van der Waals surface area contributed by atoms with E-state index in [2.05, 4.69) is 19.8 Å². The topological polar surface area (TPSA) is 46.2 Å². The van der Waals surface area contributed by atoms with Crippen molar-refractivity contribution in [3.05, 3.63) is 0 Å². The maximum Gasteiger partial charge on any atom is 0.201 e. The molecule has 140 valence electrons. The third-order valence-corrected chi connectivity index (χ3v) is 7.77. The van der Waals surface area contributed by atoms with Crippen LogP contribution in [0, 0.1) is 36.0 Å². The summed E-state index contributed by atoms with van der Waals surface area (Å²) in [6.45, 7) is 6.87. The van der Waals surface area contributed by atoms with E-state index in [0.29, 0.717) is 36.2 Å². The molecule has 1 spiro atoms. The van der Waals surface area contributed by atoms with Crippen molar-refractivity contribution in [3.63, 3.8) is 0 Å². The fourth-order valence-corrected chi connectivity index (χ4v) is 6.26. The van der Waals surface area contributed by atoms with Crippen LogP contribution < -0.4 is 0 Å². The van der Waals surface area contributed by atoms with E-state index in [1.807, 2.05) is 6.92 Å². The van der Waals surface area contributed by atoms with E-state index >= 15 is 0 Å². The minimum Gasteiger partial charge on any atom is -0.358 e. The van der Waals surface area contributed by atoms with Crippen molar-refractivity contribution in [2.45, 2.75) is 69.6 Å². The minimum absolute atomic E-state index is 0.0130. The van der Waals surface area contributed by atoms with Crippen LogP contribution in [-0.4, -0.2) is 35.7 Å². The first-order valence-corrected chi connectivity index (χ1v) is 10.4. The van der Waals surface area contributed by atoms with Gasteiger partial charge in [-0.15, -0.1) is 18.2 Å². The highest BCUT2D eigenvalue weighted by Crippen LogP contribution is 2.61. The van der Waals surface area contributed by atoms with E-state index in [1.54, 1.807) is 11.8 Å². The summed E-state index contributed by atoms with van der Waals surface area (Å²) in [5, 5.41) is 0. The van der Waals surface area contributed by atoms with Gasteiger partial charge in [-0.3, -0.25) is 0 Å². The van der Waals surface area contributed by atoms with E-state index in [9.17, 15) is 0 Å². The highest BCUT2D eigenvalue weighted by atomic mass is 32.2. The Bertz CT molecular complexity index is 550. The number of fused-ring (bicyclic) bond motifs is 2. The van der Waals surface area contributed by atoms with Gasteiger partial charge in [0.2, 0.25) is 5.79 Å². The van der Waals surface area contributed by atoms with Gasteiger partial charge in [-0.1, -0.05) is 19.8 Å². The summed E-state index contributed by atoms with van der Waals surface area (Å²) in [6.07, 6.45) is 9.10. The van der Waals surface area contributed by atoms with Crippen LogP contribution in [0.15, 0.2) is 0 Å². The fourth-order valence-electron chi connectivity index (χ4n) is 5.28. The molecule has 5 nitrogen and oxygen atoms in total. The Morgan fingerprint density at radius 1 is 1.20 bits per heavy atom. The molecule has 8 atom stereocenters. The average Bonchev–Trinajstić information content (AvgIpc) is 2.82. The molecule has 0 amide bonds. The molecular formula is C19H28O5S. The summed E-state index contributed by atoms with van der Waals surface area (Å²) in [5.41, 5.74) is -0.469. The molecule has 0 aromatic carbocycles. The second-order valence-electron chi connectivity index (χ2n) is 8.11. The lowest BCUT2D eigenvalue weighted by Gasteiger charge is -2.60. The molecule has 5 aliphatic rings. The quantitative estimate of drug-likeness (QED) is 0.327. The maximum atomic E-state index is 6.44. The van der Waals surface area contributed by atoms with Crippen LogP contribution in [-0.2, 0) is 24.0 Å². The second kappa shape index (κ2) is 6.70. The first-order valence-electron chi connectivity index (χ1n) is 9.33. The minimum atomic E-state index is -0.715. The summed E-state index contributed by atoms with van der Waals surface area (Å²) >= 11 is 1.66. The molecule has 0 aromatic rings. The van der Waals surface area contributed by atoms with Crippen molar-refractivity contribution < 1.29 is 24.0 Å². The lowest BCUT2D eigenvalue weighted by Crippen LogP contribution is -2.70. The second-order valence-corrected chi connectivity index (χ2v) is 9.14. The van der Waals surface area contributed by atoms with Gasteiger partial charge in [0.15, 0.2) is 11.9 Å². The zero-order valence-electron chi connectivity index (χ0n) is 15.2. The van der Waals surface area contributed by atoms with Crippen molar-refractivity contribution in [3.8, 4) is 12.3 Å². The molecule has 0 unspecified atom stereocenters. The number of rotatable bonds is 4. The Morgan fingerprint density at radius 3 is 2.84 bits per heavy atom. The van der Waals surface area contributed by atoms with Crippen LogP contribution >= 0.6 is 11.8 Å².